The minimum atomic E-state index is -0.00211. The monoisotopic (exact) mass is 411 g/mol. The molecule has 0 unspecified atom stereocenters. The van der Waals surface area contributed by atoms with E-state index in [-0.39, 0.29) is 29.5 Å². The number of rotatable bonds is 4. The van der Waals surface area contributed by atoms with E-state index in [1.54, 1.807) is 11.3 Å². The van der Waals surface area contributed by atoms with Gasteiger partial charge < -0.3 is 15.5 Å². The summed E-state index contributed by atoms with van der Waals surface area (Å²) in [6.07, 6.45) is 0. The maximum absolute atomic E-state index is 4.56. The van der Waals surface area contributed by atoms with Crippen molar-refractivity contribution in [3.8, 4) is 0 Å². The van der Waals surface area contributed by atoms with E-state index in [9.17, 15) is 0 Å². The second-order valence-electron chi connectivity index (χ2n) is 5.59. The number of anilines is 1. The lowest BCUT2D eigenvalue weighted by Gasteiger charge is -2.23. The van der Waals surface area contributed by atoms with Crippen LogP contribution in [0.15, 0.2) is 10.4 Å². The number of aromatic nitrogens is 1. The fourth-order valence-electron chi connectivity index (χ4n) is 1.40. The molecule has 0 aliphatic heterocycles. The molecule has 0 spiro atoms. The molecule has 2 N–H and O–H groups in total. The van der Waals surface area contributed by atoms with Gasteiger partial charge in [0.15, 0.2) is 11.1 Å². The zero-order valence-electron chi connectivity index (χ0n) is 13.1. The Morgan fingerprint density at radius 3 is 2.50 bits per heavy atom. The van der Waals surface area contributed by atoms with Crippen LogP contribution in [0.3, 0.4) is 0 Å². The lowest BCUT2D eigenvalue weighted by Crippen LogP contribution is -2.47. The number of hydrogen-bond donors (Lipinski definition) is 2. The van der Waals surface area contributed by atoms with E-state index in [1.165, 1.54) is 0 Å². The standard InChI is InChI=1S/C13H25N5S.HI/c1-7-14-11(17-13(2,3)4)15-8-10-9-19-12(16-10)18(5)6;/h9H,7-8H2,1-6H3,(H2,14,15,17);1H. The molecule has 5 nitrogen and oxygen atoms in total. The largest absolute Gasteiger partial charge is 0.357 e. The highest BCUT2D eigenvalue weighted by Gasteiger charge is 2.11. The third-order valence-electron chi connectivity index (χ3n) is 2.16. The smallest absolute Gasteiger partial charge is 0.192 e. The molecule has 7 heteroatoms. The van der Waals surface area contributed by atoms with Crippen LogP contribution in [0.4, 0.5) is 5.13 Å². The molecule has 0 amide bonds. The van der Waals surface area contributed by atoms with Crippen molar-refractivity contribution in [1.82, 2.24) is 15.6 Å². The van der Waals surface area contributed by atoms with Gasteiger partial charge in [0.1, 0.15) is 0 Å². The van der Waals surface area contributed by atoms with E-state index in [1.807, 2.05) is 19.0 Å². The number of halogens is 1. The molecule has 1 rings (SSSR count). The van der Waals surface area contributed by atoms with Gasteiger partial charge in [0.25, 0.3) is 0 Å². The molecule has 0 atom stereocenters. The van der Waals surface area contributed by atoms with Gasteiger partial charge in [0.2, 0.25) is 0 Å². The van der Waals surface area contributed by atoms with Gasteiger partial charge in [-0.05, 0) is 27.7 Å². The molecule has 0 fully saturated rings. The first-order chi connectivity index (χ1) is 8.81. The van der Waals surface area contributed by atoms with Crippen LogP contribution in [0.25, 0.3) is 0 Å². The molecular weight excluding hydrogens is 385 g/mol. The van der Waals surface area contributed by atoms with Crippen LogP contribution in [0, 0.1) is 0 Å². The Hall–Kier alpha value is -0.570. The van der Waals surface area contributed by atoms with E-state index in [4.69, 9.17) is 0 Å². The van der Waals surface area contributed by atoms with E-state index >= 15 is 0 Å². The minimum Gasteiger partial charge on any atom is -0.357 e. The molecule has 1 aromatic heterocycles. The highest BCUT2D eigenvalue weighted by Crippen LogP contribution is 2.18. The van der Waals surface area contributed by atoms with Crippen LogP contribution in [0.1, 0.15) is 33.4 Å². The quantitative estimate of drug-likeness (QED) is 0.455. The predicted molar refractivity (Wildman–Crippen MR) is 99.6 cm³/mol. The maximum Gasteiger partial charge on any atom is 0.192 e. The summed E-state index contributed by atoms with van der Waals surface area (Å²) >= 11 is 1.64. The zero-order valence-corrected chi connectivity index (χ0v) is 16.3. The number of guanidine groups is 1. The van der Waals surface area contributed by atoms with Crippen LogP contribution in [0.2, 0.25) is 0 Å². The van der Waals surface area contributed by atoms with E-state index in [0.717, 1.165) is 23.3 Å². The molecule has 0 radical (unpaired) electrons. The summed E-state index contributed by atoms with van der Waals surface area (Å²) < 4.78 is 0. The SMILES string of the molecule is CCNC(=NCc1csc(N(C)C)n1)NC(C)(C)C.I. The van der Waals surface area contributed by atoms with Crippen LogP contribution in [0.5, 0.6) is 0 Å². The Bertz CT molecular complexity index is 423. The van der Waals surface area contributed by atoms with Gasteiger partial charge in [-0.3, -0.25) is 0 Å². The first-order valence-corrected chi connectivity index (χ1v) is 7.38. The fourth-order valence-corrected chi connectivity index (χ4v) is 2.15. The first-order valence-electron chi connectivity index (χ1n) is 6.50. The summed E-state index contributed by atoms with van der Waals surface area (Å²) in [6, 6.07) is 0. The first kappa shape index (κ1) is 19.4. The summed E-state index contributed by atoms with van der Waals surface area (Å²) in [4.78, 5) is 11.1. The molecule has 0 aliphatic rings. The topological polar surface area (TPSA) is 52.6 Å². The van der Waals surface area contributed by atoms with Gasteiger partial charge >= 0.3 is 0 Å². The molecule has 20 heavy (non-hydrogen) atoms. The summed E-state index contributed by atoms with van der Waals surface area (Å²) in [6.45, 7) is 9.86. The molecule has 0 aromatic carbocycles. The van der Waals surface area contributed by atoms with Crippen LogP contribution >= 0.6 is 35.3 Å². The van der Waals surface area contributed by atoms with Gasteiger partial charge in [-0.25, -0.2) is 9.98 Å². The van der Waals surface area contributed by atoms with Crippen molar-refractivity contribution >= 4 is 46.4 Å². The molecule has 0 saturated heterocycles. The van der Waals surface area contributed by atoms with Gasteiger partial charge in [-0.15, -0.1) is 35.3 Å². The van der Waals surface area contributed by atoms with Gasteiger partial charge in [0.05, 0.1) is 12.2 Å². The summed E-state index contributed by atoms with van der Waals surface area (Å²) in [5.74, 6) is 0.828. The maximum atomic E-state index is 4.56. The summed E-state index contributed by atoms with van der Waals surface area (Å²) in [5, 5.41) is 9.67. The third-order valence-corrected chi connectivity index (χ3v) is 3.22. The van der Waals surface area contributed by atoms with Gasteiger partial charge in [0, 0.05) is 31.6 Å². The highest BCUT2D eigenvalue weighted by molar-refractivity contribution is 14.0. The average Bonchev–Trinajstić information content (AvgIpc) is 2.73. The Kier molecular flexibility index (Phi) is 8.41. The molecule has 1 aromatic rings. The molecule has 0 saturated carbocycles. The molecule has 116 valence electrons. The zero-order chi connectivity index (χ0) is 14.5. The summed E-state index contributed by atoms with van der Waals surface area (Å²) in [5.41, 5.74) is 0.998. The fraction of sp³-hybridized carbons (Fsp3) is 0.692. The Balaban J connectivity index is 0.00000361. The van der Waals surface area contributed by atoms with E-state index in [0.29, 0.717) is 6.54 Å². The number of thiazole rings is 1. The van der Waals surface area contributed by atoms with E-state index < -0.39 is 0 Å². The average molecular weight is 411 g/mol. The van der Waals surface area contributed by atoms with Crippen molar-refractivity contribution in [3.05, 3.63) is 11.1 Å². The third kappa shape index (κ3) is 7.28. The number of nitrogens with zero attached hydrogens (tertiary/aromatic N) is 3. The number of hydrogen-bond acceptors (Lipinski definition) is 4. The second kappa shape index (κ2) is 8.66. The molecule has 0 bridgehead atoms. The van der Waals surface area contributed by atoms with Crippen LogP contribution < -0.4 is 15.5 Å². The molecule has 1 heterocycles. The predicted octanol–water partition coefficient (Wildman–Crippen LogP) is 2.68. The molecule has 0 aliphatic carbocycles. The van der Waals surface area contributed by atoms with Gasteiger partial charge in [-0.2, -0.15) is 0 Å². The van der Waals surface area contributed by atoms with Crippen molar-refractivity contribution < 1.29 is 0 Å². The van der Waals surface area contributed by atoms with Crippen molar-refractivity contribution in [2.24, 2.45) is 4.99 Å². The van der Waals surface area contributed by atoms with Crippen molar-refractivity contribution in [3.63, 3.8) is 0 Å². The molecular formula is C13H26IN5S. The number of aliphatic imine (C=N–C) groups is 1. The summed E-state index contributed by atoms with van der Waals surface area (Å²) in [7, 11) is 3.99. The van der Waals surface area contributed by atoms with Crippen molar-refractivity contribution in [1.29, 1.82) is 0 Å². The second-order valence-corrected chi connectivity index (χ2v) is 6.42. The lowest BCUT2D eigenvalue weighted by molar-refractivity contribution is 0.501. The van der Waals surface area contributed by atoms with Crippen molar-refractivity contribution in [2.45, 2.75) is 39.8 Å². The Morgan fingerprint density at radius 2 is 2.05 bits per heavy atom. The van der Waals surface area contributed by atoms with Crippen molar-refractivity contribution in [2.75, 3.05) is 25.5 Å². The number of nitrogens with one attached hydrogen (secondary N) is 2. The minimum absolute atomic E-state index is 0. The Morgan fingerprint density at radius 1 is 1.40 bits per heavy atom. The normalized spacial score (nSPS) is 11.8. The highest BCUT2D eigenvalue weighted by atomic mass is 127. The van der Waals surface area contributed by atoms with Gasteiger partial charge in [-0.1, -0.05) is 0 Å². The lowest BCUT2D eigenvalue weighted by atomic mass is 10.1. The van der Waals surface area contributed by atoms with Crippen LogP contribution in [-0.4, -0.2) is 37.1 Å². The van der Waals surface area contributed by atoms with Crippen LogP contribution in [-0.2, 0) is 6.54 Å². The Labute approximate surface area is 143 Å². The van der Waals surface area contributed by atoms with E-state index in [2.05, 4.69) is 53.7 Å².